The zero-order valence-electron chi connectivity index (χ0n) is 10.1. The number of para-hydroxylation sites is 1. The Hall–Kier alpha value is -0.980. The van der Waals surface area contributed by atoms with Crippen LogP contribution in [0.4, 0.5) is 0 Å². The monoisotopic (exact) mass is 127 g/mol. The second kappa shape index (κ2) is 2.53. The molecule has 0 atom stereocenters. The highest BCUT2D eigenvalue weighted by molar-refractivity contribution is 5.31. The Morgan fingerprint density at radius 2 is 2.44 bits per heavy atom. The highest BCUT2D eigenvalue weighted by Crippen LogP contribution is 2.14. The Balaban J connectivity index is 3.57. The van der Waals surface area contributed by atoms with Crippen molar-refractivity contribution in [3.05, 3.63) is 29.7 Å². The fraction of sp³-hybridized carbons (Fsp3) is 0.250. The third kappa shape index (κ3) is 1.22. The van der Waals surface area contributed by atoms with Crippen LogP contribution in [0.1, 0.15) is 18.0 Å². The summed E-state index contributed by atoms with van der Waals surface area (Å²) in [6.45, 7) is 1.75. The number of benzene rings is 1. The number of hydrogen-bond acceptors (Lipinski definition) is 1. The van der Waals surface area contributed by atoms with E-state index in [-0.39, 0.29) is 29.9 Å². The predicted octanol–water partition coefficient (Wildman–Crippen LogP) is 1.95. The molecule has 9 heavy (non-hydrogen) atoms. The van der Waals surface area contributed by atoms with Crippen LogP contribution in [0.5, 0.6) is 5.75 Å². The molecule has 0 heterocycles. The van der Waals surface area contributed by atoms with Crippen molar-refractivity contribution in [3.8, 4) is 5.75 Å². The van der Waals surface area contributed by atoms with Crippen molar-refractivity contribution < 1.29 is 10.6 Å². The van der Waals surface area contributed by atoms with Crippen molar-refractivity contribution in [1.82, 2.24) is 0 Å². The van der Waals surface area contributed by atoms with Gasteiger partial charge in [-0.25, -0.2) is 0 Å². The molecular formula is C8H10O. The van der Waals surface area contributed by atoms with Crippen molar-refractivity contribution in [2.45, 2.75) is 13.3 Å². The van der Waals surface area contributed by atoms with Gasteiger partial charge in [-0.2, -0.15) is 0 Å². The van der Waals surface area contributed by atoms with Gasteiger partial charge in [-0.15, -0.1) is 0 Å². The molecule has 0 fully saturated rings. The van der Waals surface area contributed by atoms with Crippen LogP contribution in [0.15, 0.2) is 24.2 Å². The first-order chi connectivity index (χ1) is 6.54. The molecule has 1 aromatic carbocycles. The summed E-state index contributed by atoms with van der Waals surface area (Å²) in [5.74, 6) is -0.0847. The molecule has 1 heteroatoms. The molecule has 0 radical (unpaired) electrons. The highest BCUT2D eigenvalue weighted by atomic mass is 16.3. The van der Waals surface area contributed by atoms with Gasteiger partial charge in [0.05, 0.1) is 5.48 Å². The molecule has 0 saturated heterocycles. The Labute approximate surface area is 62.1 Å². The largest absolute Gasteiger partial charge is 0.508 e. The summed E-state index contributed by atoms with van der Waals surface area (Å²) >= 11 is 0. The summed E-state index contributed by atoms with van der Waals surface area (Å²) in [4.78, 5) is 0. The van der Waals surface area contributed by atoms with E-state index in [9.17, 15) is 0 Å². The summed E-state index contributed by atoms with van der Waals surface area (Å²) in [5, 5.41) is 4.22. The quantitative estimate of drug-likeness (QED) is 0.643. The molecule has 0 aliphatic heterocycles. The van der Waals surface area contributed by atoms with Crippen LogP contribution >= 0.6 is 0 Å². The first-order valence-electron chi connectivity index (χ1n) is 5.17. The van der Waals surface area contributed by atoms with Crippen LogP contribution in [0.3, 0.4) is 0 Å². The fourth-order valence-electron chi connectivity index (χ4n) is 0.576. The van der Waals surface area contributed by atoms with E-state index in [1.165, 1.54) is 0 Å². The summed E-state index contributed by atoms with van der Waals surface area (Å²) in [7, 11) is 0. The lowest BCUT2D eigenvalue weighted by Crippen LogP contribution is -1.77. The lowest BCUT2D eigenvalue weighted by atomic mass is 10.1. The second-order valence-corrected chi connectivity index (χ2v) is 1.66. The number of phenols is 1. The maximum Gasteiger partial charge on any atom is 0.293 e. The number of aromatic hydroxyl groups is 1. The van der Waals surface area contributed by atoms with Gasteiger partial charge in [-0.1, -0.05) is 25.1 Å². The van der Waals surface area contributed by atoms with Gasteiger partial charge in [0.2, 0.25) is 0 Å². The van der Waals surface area contributed by atoms with Gasteiger partial charge in [0, 0.05) is 0 Å². The van der Waals surface area contributed by atoms with Crippen LogP contribution in [0.25, 0.3) is 0 Å². The van der Waals surface area contributed by atoms with Gasteiger partial charge in [0.15, 0.2) is 0 Å². The van der Waals surface area contributed by atoms with E-state index >= 15 is 0 Å². The molecular weight excluding hydrogens is 112 g/mol. The molecule has 48 valence electrons. The van der Waals surface area contributed by atoms with Crippen LogP contribution in [0.2, 0.25) is 0 Å². The van der Waals surface area contributed by atoms with Crippen LogP contribution in [-0.2, 0) is 6.42 Å². The van der Waals surface area contributed by atoms with E-state index in [1.807, 2.05) is 0 Å². The molecule has 0 bridgehead atoms. The molecule has 1 rings (SSSR count). The maximum atomic E-state index is 7.52. The number of rotatable bonds is 2. The zero-order valence-corrected chi connectivity index (χ0v) is 5.12. The molecule has 0 saturated carbocycles. The first-order valence-corrected chi connectivity index (χ1v) is 2.76. The Morgan fingerprint density at radius 1 is 1.67 bits per heavy atom. The van der Waals surface area contributed by atoms with Gasteiger partial charge >= 0.3 is 0 Å². The Kier molecular flexibility index (Phi) is 0.656. The summed E-state index contributed by atoms with van der Waals surface area (Å²) in [5.41, 5.74) is 0.339. The fourth-order valence-corrected chi connectivity index (χ4v) is 0.576. The average Bonchev–Trinajstić information content (AvgIpc) is 2.20. The van der Waals surface area contributed by atoms with Crippen LogP contribution in [-0.4, -0.2) is 6.54 Å². The van der Waals surface area contributed by atoms with E-state index in [0.29, 0.717) is 12.0 Å². The highest BCUT2D eigenvalue weighted by Gasteiger charge is 1.92. The van der Waals surface area contributed by atoms with E-state index < -0.39 is 0 Å². The van der Waals surface area contributed by atoms with Crippen molar-refractivity contribution >= 4 is 0 Å². The van der Waals surface area contributed by atoms with Gasteiger partial charge in [-0.3, -0.25) is 0 Å². The van der Waals surface area contributed by atoms with Crippen molar-refractivity contribution in [3.63, 3.8) is 0 Å². The van der Waals surface area contributed by atoms with Gasteiger partial charge in [0.1, 0.15) is 5.75 Å². The lowest BCUT2D eigenvalue weighted by molar-refractivity contribution is 0.469. The molecule has 1 N–H and O–H groups in total. The summed E-state index contributed by atoms with van der Waals surface area (Å²) < 4.78 is 36.4. The molecule has 0 spiro atoms. The van der Waals surface area contributed by atoms with Crippen molar-refractivity contribution in [2.75, 3.05) is 0 Å². The smallest absolute Gasteiger partial charge is 0.293 e. The minimum absolute atomic E-state index is 0.0847. The lowest BCUT2D eigenvalue weighted by Gasteiger charge is -1.97. The van der Waals surface area contributed by atoms with Crippen molar-refractivity contribution in [1.29, 1.82) is 1.43 Å². The van der Waals surface area contributed by atoms with E-state index in [0.717, 1.165) is 0 Å². The topological polar surface area (TPSA) is 20.2 Å². The summed E-state index contributed by atoms with van der Waals surface area (Å²) in [6.07, 6.45) is 0.408. The van der Waals surface area contributed by atoms with Crippen molar-refractivity contribution in [2.24, 2.45) is 0 Å². The zero-order chi connectivity index (χ0) is 10.9. The second-order valence-electron chi connectivity index (χ2n) is 1.66. The maximum absolute atomic E-state index is 7.52. The SMILES string of the molecule is [2H]Oc1c([2H])c([2H])c([2H])c([2H])c1CC. The molecule has 0 aliphatic carbocycles. The summed E-state index contributed by atoms with van der Waals surface area (Å²) in [6, 6.07) is -1.07. The molecule has 0 amide bonds. The molecule has 1 nitrogen and oxygen atoms in total. The predicted molar refractivity (Wildman–Crippen MR) is 37.5 cm³/mol. The average molecular weight is 127 g/mol. The number of phenolic OH excluding ortho intramolecular Hbond substituents is 1. The standard InChI is InChI=1S/C8H10O/c1-2-7-5-3-4-6-8(7)9/h3-6,9H,2H2,1H3/i3D,4D,5D,6D/hD. The minimum Gasteiger partial charge on any atom is -0.508 e. The van der Waals surface area contributed by atoms with E-state index in [2.05, 4.69) is 5.11 Å². The molecule has 0 aromatic heterocycles. The normalized spacial score (nSPS) is 16.8. The van der Waals surface area contributed by atoms with Gasteiger partial charge in [0.25, 0.3) is 1.43 Å². The molecule has 0 unspecified atom stereocenters. The van der Waals surface area contributed by atoms with Gasteiger partial charge < -0.3 is 5.11 Å². The van der Waals surface area contributed by atoms with E-state index in [4.69, 9.17) is 6.91 Å². The number of hydrogen-bond donors (Lipinski definition) is 1. The van der Waals surface area contributed by atoms with Crippen LogP contribution in [0, 0.1) is 0 Å². The van der Waals surface area contributed by atoms with Crippen LogP contribution < -0.4 is 0 Å². The minimum atomic E-state index is -0.366. The molecule has 0 aliphatic rings. The third-order valence-electron chi connectivity index (χ3n) is 1.08. The molecule has 1 aromatic rings. The van der Waals surface area contributed by atoms with Gasteiger partial charge in [-0.05, 0) is 18.0 Å². The first kappa shape index (κ1) is 2.33. The third-order valence-corrected chi connectivity index (χ3v) is 1.08. The Bertz CT molecular complexity index is 328. The van der Waals surface area contributed by atoms with E-state index in [1.54, 1.807) is 6.92 Å². The Morgan fingerprint density at radius 3 is 3.11 bits per heavy atom.